The highest BCUT2D eigenvalue weighted by molar-refractivity contribution is 5.81. The van der Waals surface area contributed by atoms with Crippen LogP contribution >= 0.6 is 0 Å². The molecule has 24 heavy (non-hydrogen) atoms. The molecule has 126 valence electrons. The molecule has 0 saturated heterocycles. The second kappa shape index (κ2) is 8.39. The Balaban J connectivity index is 2.23. The molecule has 2 rings (SSSR count). The fourth-order valence-electron chi connectivity index (χ4n) is 2.77. The number of ether oxygens (including phenoxy) is 1. The van der Waals surface area contributed by atoms with E-state index >= 15 is 0 Å². The summed E-state index contributed by atoms with van der Waals surface area (Å²) < 4.78 is 4.69. The van der Waals surface area contributed by atoms with E-state index < -0.39 is 0 Å². The number of pyridine rings is 1. The topological polar surface area (TPSA) is 63.0 Å². The van der Waals surface area contributed by atoms with E-state index in [0.29, 0.717) is 19.3 Å². The first-order valence-corrected chi connectivity index (χ1v) is 8.21. The fourth-order valence-corrected chi connectivity index (χ4v) is 2.77. The Morgan fingerprint density at radius 1 is 1.29 bits per heavy atom. The smallest absolute Gasteiger partial charge is 0.305 e. The van der Waals surface area contributed by atoms with Crippen LogP contribution in [0, 0.1) is 12.3 Å². The van der Waals surface area contributed by atoms with Gasteiger partial charge in [-0.1, -0.05) is 31.2 Å². The second-order valence-corrected chi connectivity index (χ2v) is 5.86. The first kappa shape index (κ1) is 17.9. The van der Waals surface area contributed by atoms with Crippen LogP contribution in [0.25, 0.3) is 0 Å². The minimum Gasteiger partial charge on any atom is -0.469 e. The van der Waals surface area contributed by atoms with Crippen molar-refractivity contribution >= 4 is 12.2 Å². The number of nitrogens with zero attached hydrogens (tertiary/aromatic N) is 1. The summed E-state index contributed by atoms with van der Waals surface area (Å²) in [5.41, 5.74) is 6.22. The Bertz CT molecular complexity index is 738. The second-order valence-electron chi connectivity index (χ2n) is 5.86. The molecule has 1 aromatic carbocycles. The molecule has 0 fully saturated rings. The number of carbonyl (C=O) groups excluding carboxylic acids is 1. The summed E-state index contributed by atoms with van der Waals surface area (Å²) in [5, 5.41) is 7.68. The lowest BCUT2D eigenvalue weighted by Crippen LogP contribution is -2.05. The van der Waals surface area contributed by atoms with Gasteiger partial charge in [0.1, 0.15) is 0 Å². The molecular weight excluding hydrogens is 300 g/mol. The SMILES string of the molecule is CCc1cc(C)c(C=N)c(Cc2cccc(CCC(=O)OC)c2)n1. The molecule has 2 aromatic rings. The van der Waals surface area contributed by atoms with Crippen LogP contribution in [-0.2, 0) is 28.8 Å². The molecule has 0 aliphatic heterocycles. The molecule has 0 amide bonds. The van der Waals surface area contributed by atoms with Crippen LogP contribution in [-0.4, -0.2) is 24.3 Å². The molecular formula is C20H24N2O2. The molecule has 1 heterocycles. The number of hydrogen-bond donors (Lipinski definition) is 1. The Hall–Kier alpha value is -2.49. The van der Waals surface area contributed by atoms with Crippen LogP contribution in [0.5, 0.6) is 0 Å². The van der Waals surface area contributed by atoms with Crippen molar-refractivity contribution in [1.82, 2.24) is 4.98 Å². The number of benzene rings is 1. The number of aromatic nitrogens is 1. The van der Waals surface area contributed by atoms with Gasteiger partial charge in [0.05, 0.1) is 12.8 Å². The molecule has 4 heteroatoms. The number of esters is 1. The normalized spacial score (nSPS) is 10.5. The number of nitrogens with one attached hydrogen (secondary N) is 1. The van der Waals surface area contributed by atoms with Crippen molar-refractivity contribution in [2.45, 2.75) is 39.5 Å². The Morgan fingerprint density at radius 3 is 2.71 bits per heavy atom. The van der Waals surface area contributed by atoms with E-state index in [2.05, 4.69) is 25.1 Å². The zero-order chi connectivity index (χ0) is 17.5. The third kappa shape index (κ3) is 4.51. The quantitative estimate of drug-likeness (QED) is 0.624. The summed E-state index contributed by atoms with van der Waals surface area (Å²) in [6.07, 6.45) is 4.00. The van der Waals surface area contributed by atoms with Crippen LogP contribution in [0.4, 0.5) is 0 Å². The molecule has 0 spiro atoms. The summed E-state index contributed by atoms with van der Waals surface area (Å²) in [4.78, 5) is 16.0. The van der Waals surface area contributed by atoms with E-state index in [4.69, 9.17) is 15.1 Å². The average molecular weight is 324 g/mol. The van der Waals surface area contributed by atoms with Crippen LogP contribution < -0.4 is 0 Å². The first-order valence-electron chi connectivity index (χ1n) is 8.21. The van der Waals surface area contributed by atoms with Gasteiger partial charge in [-0.15, -0.1) is 0 Å². The van der Waals surface area contributed by atoms with E-state index in [1.165, 1.54) is 13.3 Å². The molecule has 0 unspecified atom stereocenters. The summed E-state index contributed by atoms with van der Waals surface area (Å²) in [6.45, 7) is 4.11. The van der Waals surface area contributed by atoms with Gasteiger partial charge in [-0.3, -0.25) is 9.78 Å². The highest BCUT2D eigenvalue weighted by Crippen LogP contribution is 2.18. The number of hydrogen-bond acceptors (Lipinski definition) is 4. The van der Waals surface area contributed by atoms with Crippen molar-refractivity contribution in [3.05, 3.63) is 64.0 Å². The minimum atomic E-state index is -0.195. The number of methoxy groups -OCH3 is 1. The maximum Gasteiger partial charge on any atom is 0.305 e. The maximum absolute atomic E-state index is 11.3. The van der Waals surface area contributed by atoms with Crippen molar-refractivity contribution in [2.75, 3.05) is 7.11 Å². The van der Waals surface area contributed by atoms with Gasteiger partial charge in [-0.05, 0) is 42.5 Å². The zero-order valence-corrected chi connectivity index (χ0v) is 14.6. The number of aryl methyl sites for hydroxylation is 3. The monoisotopic (exact) mass is 324 g/mol. The molecule has 1 aromatic heterocycles. The third-order valence-electron chi connectivity index (χ3n) is 4.11. The van der Waals surface area contributed by atoms with E-state index in [9.17, 15) is 4.79 Å². The molecule has 0 atom stereocenters. The van der Waals surface area contributed by atoms with Crippen molar-refractivity contribution < 1.29 is 9.53 Å². The van der Waals surface area contributed by atoms with Crippen molar-refractivity contribution in [1.29, 1.82) is 5.41 Å². The highest BCUT2D eigenvalue weighted by Gasteiger charge is 2.09. The van der Waals surface area contributed by atoms with Gasteiger partial charge in [0.15, 0.2) is 0 Å². The number of rotatable bonds is 7. The first-order chi connectivity index (χ1) is 11.6. The van der Waals surface area contributed by atoms with Crippen LogP contribution in [0.15, 0.2) is 30.3 Å². The Kier molecular flexibility index (Phi) is 6.24. The Labute approximate surface area is 143 Å². The highest BCUT2D eigenvalue weighted by atomic mass is 16.5. The molecule has 0 bridgehead atoms. The maximum atomic E-state index is 11.3. The van der Waals surface area contributed by atoms with Gasteiger partial charge in [0, 0.05) is 30.3 Å². The molecule has 0 aliphatic rings. The predicted molar refractivity (Wildman–Crippen MR) is 95.8 cm³/mol. The summed E-state index contributed by atoms with van der Waals surface area (Å²) in [7, 11) is 1.41. The van der Waals surface area contributed by atoms with Gasteiger partial charge in [-0.25, -0.2) is 0 Å². The summed E-state index contributed by atoms with van der Waals surface area (Å²) in [5.74, 6) is -0.195. The van der Waals surface area contributed by atoms with Gasteiger partial charge in [-0.2, -0.15) is 0 Å². The van der Waals surface area contributed by atoms with Crippen molar-refractivity contribution in [2.24, 2.45) is 0 Å². The van der Waals surface area contributed by atoms with Crippen LogP contribution in [0.3, 0.4) is 0 Å². The minimum absolute atomic E-state index is 0.195. The lowest BCUT2D eigenvalue weighted by atomic mass is 9.98. The molecule has 1 N–H and O–H groups in total. The van der Waals surface area contributed by atoms with Crippen LogP contribution in [0.2, 0.25) is 0 Å². The molecule has 0 aliphatic carbocycles. The van der Waals surface area contributed by atoms with Crippen molar-refractivity contribution in [3.63, 3.8) is 0 Å². The summed E-state index contributed by atoms with van der Waals surface area (Å²) >= 11 is 0. The Morgan fingerprint density at radius 2 is 2.04 bits per heavy atom. The summed E-state index contributed by atoms with van der Waals surface area (Å²) in [6, 6.07) is 10.2. The largest absolute Gasteiger partial charge is 0.469 e. The molecule has 0 radical (unpaired) electrons. The van der Waals surface area contributed by atoms with E-state index in [1.807, 2.05) is 19.1 Å². The van der Waals surface area contributed by atoms with Gasteiger partial charge < -0.3 is 10.1 Å². The van der Waals surface area contributed by atoms with E-state index in [-0.39, 0.29) is 5.97 Å². The predicted octanol–water partition coefficient (Wildman–Crippen LogP) is 3.65. The van der Waals surface area contributed by atoms with E-state index in [0.717, 1.165) is 40.1 Å². The standard InChI is InChI=1S/C20H24N2O2/c1-4-17-10-14(2)18(13-21)19(22-17)12-16-7-5-6-15(11-16)8-9-20(23)24-3/h5-7,10-11,13,21H,4,8-9,12H2,1-3H3. The van der Waals surface area contributed by atoms with Gasteiger partial charge in [0.2, 0.25) is 0 Å². The van der Waals surface area contributed by atoms with E-state index in [1.54, 1.807) is 0 Å². The molecule has 4 nitrogen and oxygen atoms in total. The number of carbonyl (C=O) groups is 1. The van der Waals surface area contributed by atoms with Crippen LogP contribution in [0.1, 0.15) is 47.0 Å². The van der Waals surface area contributed by atoms with Crippen molar-refractivity contribution in [3.8, 4) is 0 Å². The average Bonchev–Trinajstić information content (AvgIpc) is 2.59. The third-order valence-corrected chi connectivity index (χ3v) is 4.11. The lowest BCUT2D eigenvalue weighted by Gasteiger charge is -2.11. The lowest BCUT2D eigenvalue weighted by molar-refractivity contribution is -0.140. The zero-order valence-electron chi connectivity index (χ0n) is 14.6. The molecule has 0 saturated carbocycles. The van der Waals surface area contributed by atoms with Gasteiger partial charge in [0.25, 0.3) is 0 Å². The fraction of sp³-hybridized carbons (Fsp3) is 0.350. The van der Waals surface area contributed by atoms with Gasteiger partial charge >= 0.3 is 5.97 Å².